The van der Waals surface area contributed by atoms with E-state index < -0.39 is 29.6 Å². The number of ether oxygens (including phenoxy) is 2. The van der Waals surface area contributed by atoms with Gasteiger partial charge in [0.2, 0.25) is 0 Å². The Kier molecular flexibility index (Phi) is 9.42. The van der Waals surface area contributed by atoms with Crippen LogP contribution in [0, 0.1) is 29.6 Å². The first kappa shape index (κ1) is 32.4. The second kappa shape index (κ2) is 12.8. The van der Waals surface area contributed by atoms with Gasteiger partial charge in [0.15, 0.2) is 0 Å². The maximum absolute atomic E-state index is 14.4. The summed E-state index contributed by atoms with van der Waals surface area (Å²) in [6.45, 7) is 13.9. The molecule has 0 unspecified atom stereocenters. The fraction of sp³-hybridized carbons (Fsp3) is 0.513. The van der Waals surface area contributed by atoms with Gasteiger partial charge in [-0.15, -0.1) is 0 Å². The summed E-state index contributed by atoms with van der Waals surface area (Å²) in [5, 5.41) is 12.2. The first-order chi connectivity index (χ1) is 20.9. The molecule has 236 valence electrons. The summed E-state index contributed by atoms with van der Waals surface area (Å²) >= 11 is 0. The standard InChI is InChI=1S/C39H51NO4/c1-27-18-20-30(21-19-27)35(41)33(36(42)44-37(2,3)4)34(29-16-12-9-13-17-29)40(25-28-14-10-8-11-15-28)26-39-23-22-31(38(39,5)6)24-32(39)43-7/h8-21,31-35,41H,22-26H2,1-7H3/t31-,32-,33+,34-,35+,39-/m1/s1. The van der Waals surface area contributed by atoms with Crippen LogP contribution in [0.2, 0.25) is 0 Å². The molecule has 5 nitrogen and oxygen atoms in total. The molecule has 0 saturated heterocycles. The Labute approximate surface area is 264 Å². The van der Waals surface area contributed by atoms with E-state index in [0.717, 1.165) is 36.1 Å². The number of rotatable bonds is 11. The Morgan fingerprint density at radius 2 is 1.57 bits per heavy atom. The number of carbonyl (C=O) groups is 1. The molecule has 0 spiro atoms. The van der Waals surface area contributed by atoms with Gasteiger partial charge in [0, 0.05) is 25.6 Å². The van der Waals surface area contributed by atoms with Crippen molar-refractivity contribution < 1.29 is 19.4 Å². The van der Waals surface area contributed by atoms with Crippen molar-refractivity contribution in [2.45, 2.75) is 91.2 Å². The van der Waals surface area contributed by atoms with E-state index in [1.54, 1.807) is 0 Å². The van der Waals surface area contributed by atoms with Gasteiger partial charge in [-0.3, -0.25) is 9.69 Å². The summed E-state index contributed by atoms with van der Waals surface area (Å²) in [6, 6.07) is 28.1. The van der Waals surface area contributed by atoms with Crippen molar-refractivity contribution in [3.05, 3.63) is 107 Å². The third-order valence-electron chi connectivity index (χ3n) is 10.7. The van der Waals surface area contributed by atoms with Gasteiger partial charge >= 0.3 is 5.97 Å². The lowest BCUT2D eigenvalue weighted by atomic mass is 9.67. The zero-order valence-corrected chi connectivity index (χ0v) is 27.6. The van der Waals surface area contributed by atoms with Gasteiger partial charge in [-0.2, -0.15) is 0 Å². The number of hydrogen-bond acceptors (Lipinski definition) is 5. The third kappa shape index (κ3) is 6.38. The van der Waals surface area contributed by atoms with E-state index in [2.05, 4.69) is 55.1 Å². The highest BCUT2D eigenvalue weighted by molar-refractivity contribution is 5.75. The molecule has 2 fully saturated rings. The SMILES string of the molecule is CO[C@@H]1C[C@H]2CC[C@]1(CN(Cc1ccccc1)[C@H](c1ccccc1)[C@H](C(=O)OC(C)(C)C)[C@@H](O)c1ccc(C)cc1)C2(C)C. The lowest BCUT2D eigenvalue weighted by Gasteiger charge is -2.48. The summed E-state index contributed by atoms with van der Waals surface area (Å²) in [4.78, 5) is 16.9. The van der Waals surface area contributed by atoms with Gasteiger partial charge in [-0.05, 0) is 75.0 Å². The Morgan fingerprint density at radius 1 is 0.955 bits per heavy atom. The van der Waals surface area contributed by atoms with Crippen LogP contribution >= 0.6 is 0 Å². The quantitative estimate of drug-likeness (QED) is 0.227. The third-order valence-corrected chi connectivity index (χ3v) is 10.7. The second-order valence-electron chi connectivity index (χ2n) is 14.7. The number of aliphatic hydroxyl groups excluding tert-OH is 1. The minimum absolute atomic E-state index is 0.0703. The molecule has 3 aromatic rings. The minimum Gasteiger partial charge on any atom is -0.460 e. The van der Waals surface area contributed by atoms with Crippen LogP contribution < -0.4 is 0 Å². The van der Waals surface area contributed by atoms with Gasteiger partial charge in [0.05, 0.1) is 18.2 Å². The van der Waals surface area contributed by atoms with Crippen LogP contribution in [0.5, 0.6) is 0 Å². The zero-order valence-electron chi connectivity index (χ0n) is 27.6. The number of benzene rings is 3. The normalized spacial score (nSPS) is 24.7. The van der Waals surface area contributed by atoms with Crippen molar-refractivity contribution in [1.82, 2.24) is 4.90 Å². The lowest BCUT2D eigenvalue weighted by Crippen LogP contribution is -2.51. The van der Waals surface area contributed by atoms with Crippen LogP contribution in [0.3, 0.4) is 0 Å². The van der Waals surface area contributed by atoms with Crippen LogP contribution in [-0.2, 0) is 20.8 Å². The molecule has 5 rings (SSSR count). The molecule has 3 aromatic carbocycles. The number of aliphatic hydroxyl groups is 1. The second-order valence-corrected chi connectivity index (χ2v) is 14.7. The van der Waals surface area contributed by atoms with Crippen LogP contribution in [-0.4, -0.2) is 41.3 Å². The predicted molar refractivity (Wildman–Crippen MR) is 176 cm³/mol. The molecule has 2 bridgehead atoms. The van der Waals surface area contributed by atoms with E-state index in [9.17, 15) is 9.90 Å². The molecular weight excluding hydrogens is 546 g/mol. The molecule has 2 saturated carbocycles. The van der Waals surface area contributed by atoms with E-state index in [1.165, 1.54) is 6.42 Å². The van der Waals surface area contributed by atoms with Crippen molar-refractivity contribution >= 4 is 5.97 Å². The van der Waals surface area contributed by atoms with E-state index in [0.29, 0.717) is 18.0 Å². The number of methoxy groups -OCH3 is 1. The minimum atomic E-state index is -1.07. The predicted octanol–water partition coefficient (Wildman–Crippen LogP) is 8.07. The highest BCUT2D eigenvalue weighted by atomic mass is 16.6. The highest BCUT2D eigenvalue weighted by Gasteiger charge is 2.65. The van der Waals surface area contributed by atoms with Gasteiger partial charge < -0.3 is 14.6 Å². The molecule has 1 N–H and O–H groups in total. The smallest absolute Gasteiger partial charge is 0.314 e. The number of aryl methyl sites for hydroxylation is 1. The Bertz CT molecular complexity index is 1380. The molecule has 0 radical (unpaired) electrons. The monoisotopic (exact) mass is 597 g/mol. The van der Waals surface area contributed by atoms with Crippen LogP contribution in [0.1, 0.15) is 88.3 Å². The average molecular weight is 598 g/mol. The number of esters is 1. The number of hydrogen-bond donors (Lipinski definition) is 1. The van der Waals surface area contributed by atoms with E-state index in [4.69, 9.17) is 9.47 Å². The first-order valence-corrected chi connectivity index (χ1v) is 16.2. The number of carbonyl (C=O) groups excluding carboxylic acids is 1. The summed E-state index contributed by atoms with van der Waals surface area (Å²) in [5.74, 6) is -0.670. The average Bonchev–Trinajstić information content (AvgIpc) is 3.35. The van der Waals surface area contributed by atoms with Crippen LogP contribution in [0.15, 0.2) is 84.9 Å². The maximum atomic E-state index is 14.4. The maximum Gasteiger partial charge on any atom is 0.314 e. The molecule has 5 heteroatoms. The van der Waals surface area contributed by atoms with Gasteiger partial charge in [0.1, 0.15) is 11.5 Å². The number of fused-ring (bicyclic) bond motifs is 2. The van der Waals surface area contributed by atoms with Crippen molar-refractivity contribution in [2.75, 3.05) is 13.7 Å². The largest absolute Gasteiger partial charge is 0.460 e. The molecular formula is C39H51NO4. The molecule has 44 heavy (non-hydrogen) atoms. The zero-order chi connectivity index (χ0) is 31.7. The molecule has 0 amide bonds. The van der Waals surface area contributed by atoms with E-state index in [-0.39, 0.29) is 16.9 Å². The van der Waals surface area contributed by atoms with Gasteiger partial charge in [0.25, 0.3) is 0 Å². The van der Waals surface area contributed by atoms with Gasteiger partial charge in [-0.25, -0.2) is 0 Å². The molecule has 0 aliphatic heterocycles. The van der Waals surface area contributed by atoms with E-state index >= 15 is 0 Å². The number of nitrogens with zero attached hydrogens (tertiary/aromatic N) is 1. The Morgan fingerprint density at radius 3 is 2.14 bits per heavy atom. The van der Waals surface area contributed by atoms with Crippen LogP contribution in [0.25, 0.3) is 0 Å². The van der Waals surface area contributed by atoms with Crippen molar-refractivity contribution in [2.24, 2.45) is 22.7 Å². The summed E-state index contributed by atoms with van der Waals surface area (Å²) < 4.78 is 12.4. The fourth-order valence-electron chi connectivity index (χ4n) is 8.20. The Hall–Kier alpha value is -2.99. The molecule has 0 aromatic heterocycles. The highest BCUT2D eigenvalue weighted by Crippen LogP contribution is 2.67. The first-order valence-electron chi connectivity index (χ1n) is 16.2. The van der Waals surface area contributed by atoms with Crippen molar-refractivity contribution in [1.29, 1.82) is 0 Å². The fourth-order valence-corrected chi connectivity index (χ4v) is 8.20. The Balaban J connectivity index is 1.69. The molecule has 2 aliphatic carbocycles. The van der Waals surface area contributed by atoms with Gasteiger partial charge in [-0.1, -0.05) is 104 Å². The lowest BCUT2D eigenvalue weighted by molar-refractivity contribution is -0.170. The summed E-state index contributed by atoms with van der Waals surface area (Å²) in [7, 11) is 1.85. The topological polar surface area (TPSA) is 59.0 Å². The van der Waals surface area contributed by atoms with Crippen LogP contribution in [0.4, 0.5) is 0 Å². The summed E-state index contributed by atoms with van der Waals surface area (Å²) in [6.07, 6.45) is 2.38. The van der Waals surface area contributed by atoms with Crippen molar-refractivity contribution in [3.8, 4) is 0 Å². The van der Waals surface area contributed by atoms with E-state index in [1.807, 2.05) is 83.3 Å². The van der Waals surface area contributed by atoms with Crippen molar-refractivity contribution in [3.63, 3.8) is 0 Å². The summed E-state index contributed by atoms with van der Waals surface area (Å²) in [5.41, 5.74) is 3.23. The molecule has 6 atom stereocenters. The molecule has 0 heterocycles. The molecule has 2 aliphatic rings.